The van der Waals surface area contributed by atoms with Crippen molar-refractivity contribution in [2.75, 3.05) is 13.6 Å². The second-order valence-electron chi connectivity index (χ2n) is 7.25. The van der Waals surface area contributed by atoms with Crippen molar-refractivity contribution in [3.8, 4) is 17.7 Å². The molecule has 1 fully saturated rings. The van der Waals surface area contributed by atoms with E-state index in [1.165, 1.54) is 4.90 Å². The van der Waals surface area contributed by atoms with Gasteiger partial charge in [-0.1, -0.05) is 11.8 Å². The molecule has 3 N–H and O–H groups in total. The highest BCUT2D eigenvalue weighted by molar-refractivity contribution is 5.92. The van der Waals surface area contributed by atoms with E-state index in [4.69, 9.17) is 5.73 Å². The summed E-state index contributed by atoms with van der Waals surface area (Å²) >= 11 is 0. The molecule has 0 spiro atoms. The molecule has 8 nitrogen and oxygen atoms in total. The monoisotopic (exact) mass is 379 g/mol. The third-order valence-electron chi connectivity index (χ3n) is 5.30. The molecular formula is C20H21N5O3. The number of fused-ring (bicyclic) bond motifs is 1. The molecule has 0 bridgehead atoms. The zero-order chi connectivity index (χ0) is 19.9. The lowest BCUT2D eigenvalue weighted by atomic mass is 9.95. The van der Waals surface area contributed by atoms with Crippen LogP contribution in [0.4, 0.5) is 0 Å². The van der Waals surface area contributed by atoms with Crippen LogP contribution in [0.3, 0.4) is 0 Å². The minimum Gasteiger partial charge on any atom is -0.369 e. The van der Waals surface area contributed by atoms with Crippen molar-refractivity contribution in [3.63, 3.8) is 0 Å². The van der Waals surface area contributed by atoms with E-state index in [0.717, 1.165) is 36.9 Å². The average molecular weight is 379 g/mol. The Balaban J connectivity index is 1.71. The molecule has 0 aromatic carbocycles. The number of hydrogen-bond acceptors (Lipinski definition) is 5. The van der Waals surface area contributed by atoms with E-state index in [9.17, 15) is 14.7 Å². The Hall–Kier alpha value is -3.18. The number of primary amides is 1. The van der Waals surface area contributed by atoms with Gasteiger partial charge in [-0.15, -0.1) is 0 Å². The van der Waals surface area contributed by atoms with Gasteiger partial charge in [0.2, 0.25) is 5.60 Å². The van der Waals surface area contributed by atoms with Crippen molar-refractivity contribution in [3.05, 3.63) is 40.8 Å². The first-order chi connectivity index (χ1) is 13.4. The van der Waals surface area contributed by atoms with Crippen LogP contribution in [0.2, 0.25) is 0 Å². The van der Waals surface area contributed by atoms with E-state index in [0.29, 0.717) is 23.6 Å². The van der Waals surface area contributed by atoms with Gasteiger partial charge in [0, 0.05) is 37.3 Å². The number of pyridine rings is 1. The highest BCUT2D eigenvalue weighted by Crippen LogP contribution is 2.26. The molecule has 0 radical (unpaired) electrons. The Morgan fingerprint density at radius 3 is 2.86 bits per heavy atom. The maximum atomic E-state index is 12.1. The topological polar surface area (TPSA) is 114 Å². The van der Waals surface area contributed by atoms with Crippen molar-refractivity contribution in [1.29, 1.82) is 0 Å². The van der Waals surface area contributed by atoms with Crippen molar-refractivity contribution in [1.82, 2.24) is 19.7 Å². The number of nitrogens with zero attached hydrogens (tertiary/aromatic N) is 4. The standard InChI is InChI=1S/C20H21N5O3/c1-24-11-9-20(28,19(24)27)8-6-13-7-10-22-16(12-13)25-15-5-3-2-4-14(15)17(23-25)18(21)26/h7,10,12,28H,2-5,9,11H2,1H3,(H2,21,26). The fourth-order valence-electron chi connectivity index (χ4n) is 3.74. The predicted octanol–water partition coefficient (Wildman–Crippen LogP) is 0.190. The smallest absolute Gasteiger partial charge is 0.269 e. The van der Waals surface area contributed by atoms with Gasteiger partial charge >= 0.3 is 0 Å². The minimum atomic E-state index is -1.65. The Kier molecular flexibility index (Phi) is 4.40. The number of rotatable bonds is 2. The molecule has 1 aliphatic carbocycles. The second-order valence-corrected chi connectivity index (χ2v) is 7.25. The van der Waals surface area contributed by atoms with Crippen LogP contribution in [0.5, 0.6) is 0 Å². The summed E-state index contributed by atoms with van der Waals surface area (Å²) in [7, 11) is 1.64. The zero-order valence-corrected chi connectivity index (χ0v) is 15.6. The third kappa shape index (κ3) is 3.04. The molecule has 2 aliphatic rings. The molecule has 28 heavy (non-hydrogen) atoms. The van der Waals surface area contributed by atoms with Gasteiger partial charge in [0.15, 0.2) is 11.5 Å². The fraction of sp³-hybridized carbons (Fsp3) is 0.400. The maximum Gasteiger partial charge on any atom is 0.269 e. The van der Waals surface area contributed by atoms with Gasteiger partial charge in [-0.3, -0.25) is 9.59 Å². The quantitative estimate of drug-likeness (QED) is 0.723. The highest BCUT2D eigenvalue weighted by atomic mass is 16.3. The summed E-state index contributed by atoms with van der Waals surface area (Å²) in [6.45, 7) is 0.473. The average Bonchev–Trinajstić information content (AvgIpc) is 3.21. The molecule has 0 saturated carbocycles. The van der Waals surface area contributed by atoms with E-state index in [2.05, 4.69) is 21.9 Å². The van der Waals surface area contributed by atoms with Gasteiger partial charge in [-0.2, -0.15) is 5.10 Å². The number of aliphatic hydroxyl groups is 1. The largest absolute Gasteiger partial charge is 0.369 e. The fourth-order valence-corrected chi connectivity index (χ4v) is 3.74. The molecule has 144 valence electrons. The molecule has 1 saturated heterocycles. The van der Waals surface area contributed by atoms with Crippen LogP contribution in [0.15, 0.2) is 18.3 Å². The molecule has 8 heteroatoms. The van der Waals surface area contributed by atoms with Crippen LogP contribution in [-0.4, -0.2) is 55.8 Å². The summed E-state index contributed by atoms with van der Waals surface area (Å²) in [5.74, 6) is 5.18. The van der Waals surface area contributed by atoms with Crippen molar-refractivity contribution in [2.45, 2.75) is 37.7 Å². The normalized spacial score (nSPS) is 21.2. The van der Waals surface area contributed by atoms with Gasteiger partial charge in [0.05, 0.1) is 5.69 Å². The first-order valence-corrected chi connectivity index (χ1v) is 9.27. The minimum absolute atomic E-state index is 0.280. The van der Waals surface area contributed by atoms with E-state index in [1.54, 1.807) is 30.1 Å². The van der Waals surface area contributed by atoms with Gasteiger partial charge in [-0.05, 0) is 37.8 Å². The number of nitrogens with two attached hydrogens (primary N) is 1. The van der Waals surface area contributed by atoms with Gasteiger partial charge < -0.3 is 15.7 Å². The Labute approximate surface area is 162 Å². The van der Waals surface area contributed by atoms with Crippen LogP contribution in [0.1, 0.15) is 46.6 Å². The van der Waals surface area contributed by atoms with E-state index >= 15 is 0 Å². The van der Waals surface area contributed by atoms with Gasteiger partial charge in [-0.25, -0.2) is 9.67 Å². The zero-order valence-electron chi connectivity index (χ0n) is 15.6. The molecule has 2 amide bonds. The molecule has 2 aromatic rings. The SMILES string of the molecule is CN1CCC(O)(C#Cc2ccnc(-n3nc(C(N)=O)c4c3CCCC4)c2)C1=O. The number of aromatic nitrogens is 3. The summed E-state index contributed by atoms with van der Waals surface area (Å²) < 4.78 is 1.66. The number of carbonyl (C=O) groups excluding carboxylic acids is 2. The number of likely N-dealkylation sites (tertiary alicyclic amines) is 1. The highest BCUT2D eigenvalue weighted by Gasteiger charge is 2.42. The van der Waals surface area contributed by atoms with Crippen LogP contribution in [0.25, 0.3) is 5.82 Å². The van der Waals surface area contributed by atoms with Gasteiger partial charge in [0.1, 0.15) is 0 Å². The number of likely N-dealkylation sites (N-methyl/N-ethyl adjacent to an activating group) is 1. The van der Waals surface area contributed by atoms with E-state index < -0.39 is 11.5 Å². The van der Waals surface area contributed by atoms with Crippen molar-refractivity contribution < 1.29 is 14.7 Å². The molecular weight excluding hydrogens is 358 g/mol. The predicted molar refractivity (Wildman–Crippen MR) is 101 cm³/mol. The molecule has 2 aromatic heterocycles. The second kappa shape index (κ2) is 6.77. The number of amides is 2. The van der Waals surface area contributed by atoms with Crippen molar-refractivity contribution in [2.24, 2.45) is 5.73 Å². The lowest BCUT2D eigenvalue weighted by Crippen LogP contribution is -2.37. The molecule has 1 atom stereocenters. The Bertz CT molecular complexity index is 1030. The Morgan fingerprint density at radius 1 is 1.36 bits per heavy atom. The first-order valence-electron chi connectivity index (χ1n) is 9.27. The first kappa shape index (κ1) is 18.2. The summed E-state index contributed by atoms with van der Waals surface area (Å²) in [4.78, 5) is 29.7. The third-order valence-corrected chi connectivity index (χ3v) is 5.30. The number of carbonyl (C=O) groups is 2. The van der Waals surface area contributed by atoms with Crippen LogP contribution < -0.4 is 5.73 Å². The summed E-state index contributed by atoms with van der Waals surface area (Å²) in [6.07, 6.45) is 5.45. The maximum absolute atomic E-state index is 12.1. The molecule has 1 aliphatic heterocycles. The van der Waals surface area contributed by atoms with Crippen LogP contribution in [0, 0.1) is 11.8 Å². The van der Waals surface area contributed by atoms with Crippen molar-refractivity contribution >= 4 is 11.8 Å². The number of hydrogen-bond donors (Lipinski definition) is 2. The summed E-state index contributed by atoms with van der Waals surface area (Å²) in [5, 5.41) is 14.8. The summed E-state index contributed by atoms with van der Waals surface area (Å²) in [6, 6.07) is 3.43. The lowest BCUT2D eigenvalue weighted by Gasteiger charge is -2.14. The van der Waals surface area contributed by atoms with E-state index in [1.807, 2.05) is 0 Å². The summed E-state index contributed by atoms with van der Waals surface area (Å²) in [5.41, 5.74) is 6.58. The lowest BCUT2D eigenvalue weighted by molar-refractivity contribution is -0.137. The van der Waals surface area contributed by atoms with E-state index in [-0.39, 0.29) is 12.3 Å². The van der Waals surface area contributed by atoms with Crippen LogP contribution in [-0.2, 0) is 17.6 Å². The molecule has 3 heterocycles. The van der Waals surface area contributed by atoms with Gasteiger partial charge in [0.25, 0.3) is 11.8 Å². The molecule has 4 rings (SSSR count). The van der Waals surface area contributed by atoms with Crippen LogP contribution >= 0.6 is 0 Å². The Morgan fingerprint density at radius 2 is 2.14 bits per heavy atom. The molecule has 1 unspecified atom stereocenters.